The fourth-order valence-corrected chi connectivity index (χ4v) is 2.68. The minimum absolute atomic E-state index is 0.359. The minimum Gasteiger partial charge on any atom is -0.394 e. The van der Waals surface area contributed by atoms with Crippen molar-refractivity contribution >= 4 is 23.1 Å². The van der Waals surface area contributed by atoms with Gasteiger partial charge in [-0.05, 0) is 18.1 Å². The number of nitrogens with two attached hydrogens (primary N) is 1. The number of benzene rings is 1. The minimum atomic E-state index is -1.01. The smallest absolute Gasteiger partial charge is 0.242 e. The van der Waals surface area contributed by atoms with Crippen LogP contribution in [0.2, 0.25) is 0 Å². The Labute approximate surface area is 135 Å². The van der Waals surface area contributed by atoms with Crippen molar-refractivity contribution in [2.24, 2.45) is 5.73 Å². The van der Waals surface area contributed by atoms with Gasteiger partial charge < -0.3 is 20.7 Å². The van der Waals surface area contributed by atoms with Gasteiger partial charge in [-0.3, -0.25) is 9.59 Å². The Balaban J connectivity index is 2.25. The molecule has 6 heteroatoms. The van der Waals surface area contributed by atoms with Crippen LogP contribution in [0.4, 0.5) is 0 Å². The number of nitrogens with one attached hydrogen (secondary N) is 1. The third-order valence-electron chi connectivity index (χ3n) is 3.86. The Morgan fingerprint density at radius 1 is 1.43 bits per heavy atom. The molecule has 0 saturated carbocycles. The second-order valence-corrected chi connectivity index (χ2v) is 5.52. The van der Waals surface area contributed by atoms with Crippen molar-refractivity contribution in [1.29, 1.82) is 0 Å². The topological polar surface area (TPSA) is 99.4 Å². The van der Waals surface area contributed by atoms with E-state index in [1.807, 2.05) is 43.7 Å². The Bertz CT molecular complexity index is 668. The summed E-state index contributed by atoms with van der Waals surface area (Å²) in [5.74, 6) is -0.428. The van der Waals surface area contributed by atoms with Gasteiger partial charge in [-0.15, -0.1) is 0 Å². The van der Waals surface area contributed by atoms with Crippen LogP contribution in [0.3, 0.4) is 0 Å². The summed E-state index contributed by atoms with van der Waals surface area (Å²) in [6, 6.07) is 6.04. The zero-order valence-corrected chi connectivity index (χ0v) is 13.2. The third kappa shape index (κ3) is 3.78. The Hall–Kier alpha value is -2.18. The summed E-state index contributed by atoms with van der Waals surface area (Å²) in [5, 5.41) is 10.1. The van der Waals surface area contributed by atoms with Gasteiger partial charge in [-0.25, -0.2) is 0 Å². The molecule has 0 bridgehead atoms. The summed E-state index contributed by atoms with van der Waals surface area (Å²) in [6.45, 7) is 1.87. The molecule has 23 heavy (non-hydrogen) atoms. The van der Waals surface area contributed by atoms with Gasteiger partial charge in [-0.2, -0.15) is 0 Å². The van der Waals surface area contributed by atoms with E-state index < -0.39 is 24.6 Å². The van der Waals surface area contributed by atoms with E-state index in [2.05, 4.69) is 4.98 Å². The molecule has 0 fully saturated rings. The summed E-state index contributed by atoms with van der Waals surface area (Å²) in [5.41, 5.74) is 7.55. The normalized spacial score (nSPS) is 13.7. The first kappa shape index (κ1) is 17.2. The number of amides is 1. The van der Waals surface area contributed by atoms with Crippen LogP contribution in [0.25, 0.3) is 10.9 Å². The molecule has 1 heterocycles. The molecule has 0 aliphatic rings. The lowest BCUT2D eigenvalue weighted by atomic mass is 10.0. The van der Waals surface area contributed by atoms with Crippen molar-refractivity contribution in [1.82, 2.24) is 9.88 Å². The van der Waals surface area contributed by atoms with Crippen LogP contribution in [0.15, 0.2) is 30.5 Å². The quantitative estimate of drug-likeness (QED) is 0.669. The molecular weight excluding hydrogens is 294 g/mol. The second kappa shape index (κ2) is 7.89. The Morgan fingerprint density at radius 3 is 2.83 bits per heavy atom. The summed E-state index contributed by atoms with van der Waals surface area (Å²) < 4.78 is 0. The largest absolute Gasteiger partial charge is 0.394 e. The highest BCUT2D eigenvalue weighted by Crippen LogP contribution is 2.20. The van der Waals surface area contributed by atoms with E-state index in [1.54, 1.807) is 0 Å². The van der Waals surface area contributed by atoms with Gasteiger partial charge in [0.15, 0.2) is 0 Å². The fourth-order valence-electron chi connectivity index (χ4n) is 2.68. The molecule has 2 atom stereocenters. The van der Waals surface area contributed by atoms with Crippen molar-refractivity contribution < 1.29 is 14.7 Å². The number of hydrogen-bond acceptors (Lipinski definition) is 4. The van der Waals surface area contributed by atoms with Crippen LogP contribution in [-0.2, 0) is 16.0 Å². The SMILES string of the molecule is CCCN(C(=O)[C@@H](N)CO)[C@H]([C]=O)Cc1c[nH]c2ccccc12. The molecule has 2 aromatic rings. The van der Waals surface area contributed by atoms with Crippen molar-refractivity contribution in [3.8, 4) is 0 Å². The number of aromatic amines is 1. The second-order valence-electron chi connectivity index (χ2n) is 5.52. The molecule has 1 aromatic heterocycles. The monoisotopic (exact) mass is 316 g/mol. The van der Waals surface area contributed by atoms with E-state index in [1.165, 1.54) is 4.90 Å². The number of hydrogen-bond donors (Lipinski definition) is 3. The number of para-hydroxylation sites is 1. The lowest BCUT2D eigenvalue weighted by molar-refractivity contribution is -0.134. The molecule has 2 rings (SSSR count). The maximum atomic E-state index is 12.3. The van der Waals surface area contributed by atoms with Crippen LogP contribution in [-0.4, -0.2) is 52.4 Å². The molecule has 1 aromatic carbocycles. The highest BCUT2D eigenvalue weighted by Gasteiger charge is 2.28. The molecule has 0 unspecified atom stereocenters. The van der Waals surface area contributed by atoms with E-state index in [4.69, 9.17) is 10.8 Å². The number of aromatic nitrogens is 1. The third-order valence-corrected chi connectivity index (χ3v) is 3.86. The molecular formula is C17H22N3O3. The highest BCUT2D eigenvalue weighted by atomic mass is 16.3. The lowest BCUT2D eigenvalue weighted by Gasteiger charge is -2.29. The number of fused-ring (bicyclic) bond motifs is 1. The number of H-pyrrole nitrogens is 1. The predicted molar refractivity (Wildman–Crippen MR) is 88.5 cm³/mol. The van der Waals surface area contributed by atoms with E-state index >= 15 is 0 Å². The first-order valence-corrected chi connectivity index (χ1v) is 7.72. The molecule has 0 aliphatic carbocycles. The maximum Gasteiger partial charge on any atom is 0.242 e. The standard InChI is InChI=1S/C17H22N3O3/c1-2-7-20(17(23)15(18)11-22)13(10-21)8-12-9-19-16-6-4-3-5-14(12)16/h3-6,9,13,15,19,22H,2,7-8,11,18H2,1H3/t13-,15-/m0/s1. The van der Waals surface area contributed by atoms with Crippen LogP contribution in [0.5, 0.6) is 0 Å². The fraction of sp³-hybridized carbons (Fsp3) is 0.412. The number of carbonyl (C=O) groups is 1. The lowest BCUT2D eigenvalue weighted by Crippen LogP contribution is -2.51. The van der Waals surface area contributed by atoms with Crippen LogP contribution in [0, 0.1) is 0 Å². The van der Waals surface area contributed by atoms with E-state index in [0.717, 1.165) is 16.5 Å². The number of rotatable bonds is 8. The first-order valence-electron chi connectivity index (χ1n) is 7.72. The molecule has 0 saturated heterocycles. The van der Waals surface area contributed by atoms with Crippen molar-refractivity contribution in [2.75, 3.05) is 13.2 Å². The van der Waals surface area contributed by atoms with Crippen molar-refractivity contribution in [3.05, 3.63) is 36.0 Å². The van der Waals surface area contributed by atoms with Gasteiger partial charge in [0.2, 0.25) is 12.2 Å². The van der Waals surface area contributed by atoms with Gasteiger partial charge in [0, 0.05) is 30.1 Å². The summed E-state index contributed by atoms with van der Waals surface area (Å²) in [4.78, 5) is 28.3. The Kier molecular flexibility index (Phi) is 5.90. The van der Waals surface area contributed by atoms with Crippen LogP contribution < -0.4 is 5.73 Å². The molecule has 1 radical (unpaired) electrons. The van der Waals surface area contributed by atoms with E-state index in [0.29, 0.717) is 19.4 Å². The molecule has 123 valence electrons. The van der Waals surface area contributed by atoms with Crippen molar-refractivity contribution in [3.63, 3.8) is 0 Å². The van der Waals surface area contributed by atoms with Gasteiger partial charge in [-0.1, -0.05) is 25.1 Å². The maximum absolute atomic E-state index is 12.3. The number of carbonyl (C=O) groups excluding carboxylic acids is 2. The molecule has 1 amide bonds. The Morgan fingerprint density at radius 2 is 2.17 bits per heavy atom. The van der Waals surface area contributed by atoms with Crippen LogP contribution >= 0.6 is 0 Å². The van der Waals surface area contributed by atoms with E-state index in [9.17, 15) is 9.59 Å². The van der Waals surface area contributed by atoms with Gasteiger partial charge in [0.05, 0.1) is 6.61 Å². The molecule has 4 N–H and O–H groups in total. The van der Waals surface area contributed by atoms with Crippen molar-refractivity contribution in [2.45, 2.75) is 31.8 Å². The first-order chi connectivity index (χ1) is 11.1. The van der Waals surface area contributed by atoms with Gasteiger partial charge in [0.1, 0.15) is 12.1 Å². The number of aliphatic hydroxyl groups excluding tert-OH is 1. The number of aliphatic hydroxyl groups is 1. The zero-order chi connectivity index (χ0) is 16.8. The molecule has 0 aliphatic heterocycles. The van der Waals surface area contributed by atoms with Crippen LogP contribution in [0.1, 0.15) is 18.9 Å². The summed E-state index contributed by atoms with van der Waals surface area (Å²) in [6.07, 6.45) is 4.85. The molecule has 0 spiro atoms. The van der Waals surface area contributed by atoms with Gasteiger partial charge in [0.25, 0.3) is 0 Å². The number of nitrogens with zero attached hydrogens (tertiary/aromatic N) is 1. The summed E-state index contributed by atoms with van der Waals surface area (Å²) >= 11 is 0. The average Bonchev–Trinajstić information content (AvgIpc) is 2.99. The van der Waals surface area contributed by atoms with E-state index in [-0.39, 0.29) is 0 Å². The highest BCUT2D eigenvalue weighted by molar-refractivity contribution is 5.86. The zero-order valence-electron chi connectivity index (χ0n) is 13.2. The summed E-state index contributed by atoms with van der Waals surface area (Å²) in [7, 11) is 0. The average molecular weight is 316 g/mol. The molecule has 6 nitrogen and oxygen atoms in total. The van der Waals surface area contributed by atoms with Gasteiger partial charge >= 0.3 is 0 Å². The predicted octanol–water partition coefficient (Wildman–Crippen LogP) is 0.747.